The van der Waals surface area contributed by atoms with Crippen molar-refractivity contribution >= 4 is 29.1 Å². The lowest BCUT2D eigenvalue weighted by molar-refractivity contribution is 0.0957. The Hall–Kier alpha value is -3.52. The molecule has 28 heavy (non-hydrogen) atoms. The third-order valence-electron chi connectivity index (χ3n) is 3.57. The number of benzene rings is 1. The molecule has 7 nitrogen and oxygen atoms in total. The van der Waals surface area contributed by atoms with Gasteiger partial charge in [0.15, 0.2) is 0 Å². The molecule has 0 radical (unpaired) electrons. The smallest absolute Gasteiger partial charge is 0.274 e. The van der Waals surface area contributed by atoms with E-state index in [1.165, 1.54) is 55.8 Å². The minimum Gasteiger partial charge on any atom is -0.457 e. The van der Waals surface area contributed by atoms with Gasteiger partial charge in [-0.2, -0.15) is 0 Å². The van der Waals surface area contributed by atoms with Gasteiger partial charge in [-0.3, -0.25) is 19.6 Å². The van der Waals surface area contributed by atoms with Crippen LogP contribution in [0.1, 0.15) is 21.0 Å². The van der Waals surface area contributed by atoms with Crippen LogP contribution in [0.15, 0.2) is 54.9 Å². The highest BCUT2D eigenvalue weighted by Crippen LogP contribution is 2.26. The van der Waals surface area contributed by atoms with Crippen LogP contribution in [0.3, 0.4) is 0 Å². The molecule has 2 amide bonds. The Morgan fingerprint density at radius 2 is 1.64 bits per heavy atom. The van der Waals surface area contributed by atoms with Gasteiger partial charge in [0.05, 0.1) is 5.69 Å². The SMILES string of the molecule is CNC(=O)c1cc(Oc2ccc(NC(=O)c3cc(Cl)ccn3)c(F)c2)ccn1. The van der Waals surface area contributed by atoms with Crippen LogP contribution in [0, 0.1) is 5.82 Å². The summed E-state index contributed by atoms with van der Waals surface area (Å²) < 4.78 is 19.9. The summed E-state index contributed by atoms with van der Waals surface area (Å²) >= 11 is 5.82. The third kappa shape index (κ3) is 4.60. The second kappa shape index (κ2) is 8.45. The lowest BCUT2D eigenvalue weighted by Gasteiger charge is -2.10. The number of carbonyl (C=O) groups is 2. The van der Waals surface area contributed by atoms with Crippen LogP contribution in [0.25, 0.3) is 0 Å². The second-order valence-corrected chi connectivity index (χ2v) is 5.95. The maximum atomic E-state index is 14.4. The minimum atomic E-state index is -0.701. The van der Waals surface area contributed by atoms with Crippen LogP contribution in [0.2, 0.25) is 5.02 Å². The monoisotopic (exact) mass is 400 g/mol. The first-order chi connectivity index (χ1) is 13.5. The van der Waals surface area contributed by atoms with Gasteiger partial charge in [0, 0.05) is 36.6 Å². The van der Waals surface area contributed by atoms with Gasteiger partial charge in [-0.05, 0) is 30.3 Å². The van der Waals surface area contributed by atoms with Crippen LogP contribution in [-0.4, -0.2) is 28.8 Å². The number of nitrogens with one attached hydrogen (secondary N) is 2. The number of carbonyl (C=O) groups excluding carboxylic acids is 2. The quantitative estimate of drug-likeness (QED) is 0.681. The van der Waals surface area contributed by atoms with E-state index in [0.29, 0.717) is 10.8 Å². The molecular weight excluding hydrogens is 387 g/mol. The van der Waals surface area contributed by atoms with E-state index in [0.717, 1.165) is 6.07 Å². The minimum absolute atomic E-state index is 0.0418. The van der Waals surface area contributed by atoms with E-state index in [1.54, 1.807) is 0 Å². The van der Waals surface area contributed by atoms with Crippen molar-refractivity contribution in [2.24, 2.45) is 0 Å². The van der Waals surface area contributed by atoms with Gasteiger partial charge in [-0.1, -0.05) is 11.6 Å². The molecule has 0 atom stereocenters. The topological polar surface area (TPSA) is 93.2 Å². The molecular formula is C19H14ClFN4O3. The zero-order valence-electron chi connectivity index (χ0n) is 14.6. The fraction of sp³-hybridized carbons (Fsp3) is 0.0526. The fourth-order valence-electron chi connectivity index (χ4n) is 2.24. The number of halogens is 2. The zero-order chi connectivity index (χ0) is 20.1. The maximum Gasteiger partial charge on any atom is 0.274 e. The summed E-state index contributed by atoms with van der Waals surface area (Å²) in [5.41, 5.74) is 0.184. The van der Waals surface area contributed by atoms with Crippen LogP contribution in [-0.2, 0) is 0 Å². The number of pyridine rings is 2. The van der Waals surface area contributed by atoms with Gasteiger partial charge in [-0.25, -0.2) is 4.39 Å². The Balaban J connectivity index is 1.74. The molecule has 3 aromatic rings. The molecule has 0 unspecified atom stereocenters. The van der Waals surface area contributed by atoms with E-state index in [2.05, 4.69) is 20.6 Å². The van der Waals surface area contributed by atoms with Crippen molar-refractivity contribution in [2.75, 3.05) is 12.4 Å². The van der Waals surface area contributed by atoms with E-state index in [4.69, 9.17) is 16.3 Å². The molecule has 3 rings (SSSR count). The lowest BCUT2D eigenvalue weighted by atomic mass is 10.2. The first-order valence-electron chi connectivity index (χ1n) is 8.04. The molecule has 0 fully saturated rings. The van der Waals surface area contributed by atoms with Crippen LogP contribution >= 0.6 is 11.6 Å². The van der Waals surface area contributed by atoms with Crippen LogP contribution in [0.4, 0.5) is 10.1 Å². The first kappa shape index (κ1) is 19.2. The van der Waals surface area contributed by atoms with Gasteiger partial charge >= 0.3 is 0 Å². The molecule has 0 aliphatic heterocycles. The predicted octanol–water partition coefficient (Wildman–Crippen LogP) is 3.67. The van der Waals surface area contributed by atoms with Gasteiger partial charge in [0.1, 0.15) is 28.7 Å². The number of ether oxygens (including phenoxy) is 1. The number of hydrogen-bond donors (Lipinski definition) is 2. The van der Waals surface area contributed by atoms with E-state index in [1.807, 2.05) is 0 Å². The molecule has 0 aliphatic carbocycles. The van der Waals surface area contributed by atoms with Crippen LogP contribution < -0.4 is 15.4 Å². The Morgan fingerprint density at radius 1 is 0.964 bits per heavy atom. The summed E-state index contributed by atoms with van der Waals surface area (Å²) in [6.07, 6.45) is 2.79. The summed E-state index contributed by atoms with van der Waals surface area (Å²) in [5.74, 6) is -1.17. The average molecular weight is 401 g/mol. The van der Waals surface area contributed by atoms with Crippen molar-refractivity contribution in [3.63, 3.8) is 0 Å². The van der Waals surface area contributed by atoms with E-state index in [9.17, 15) is 14.0 Å². The van der Waals surface area contributed by atoms with Gasteiger partial charge in [0.2, 0.25) is 0 Å². The molecule has 0 saturated carbocycles. The molecule has 0 saturated heterocycles. The van der Waals surface area contributed by atoms with E-state index in [-0.39, 0.29) is 28.7 Å². The predicted molar refractivity (Wildman–Crippen MR) is 101 cm³/mol. The standard InChI is InChI=1S/C19H14ClFN4O3/c1-22-18(26)17-10-13(5-7-24-17)28-12-2-3-15(14(21)9-12)25-19(27)16-8-11(20)4-6-23-16/h2-10H,1H3,(H,22,26)(H,25,27). The number of anilines is 1. The Morgan fingerprint density at radius 3 is 2.32 bits per heavy atom. The van der Waals surface area contributed by atoms with Crippen molar-refractivity contribution in [3.8, 4) is 11.5 Å². The van der Waals surface area contributed by atoms with E-state index < -0.39 is 11.7 Å². The average Bonchev–Trinajstić information content (AvgIpc) is 2.69. The third-order valence-corrected chi connectivity index (χ3v) is 3.81. The summed E-state index contributed by atoms with van der Waals surface area (Å²) in [7, 11) is 1.48. The molecule has 9 heteroatoms. The second-order valence-electron chi connectivity index (χ2n) is 5.51. The number of hydrogen-bond acceptors (Lipinski definition) is 5. The summed E-state index contributed by atoms with van der Waals surface area (Å²) in [5, 5.41) is 5.22. The summed E-state index contributed by atoms with van der Waals surface area (Å²) in [4.78, 5) is 31.6. The highest BCUT2D eigenvalue weighted by molar-refractivity contribution is 6.30. The van der Waals surface area contributed by atoms with Crippen molar-refractivity contribution in [2.45, 2.75) is 0 Å². The maximum absolute atomic E-state index is 14.4. The highest BCUT2D eigenvalue weighted by atomic mass is 35.5. The highest BCUT2D eigenvalue weighted by Gasteiger charge is 2.13. The Bertz CT molecular complexity index is 1050. The molecule has 2 aromatic heterocycles. The van der Waals surface area contributed by atoms with E-state index >= 15 is 0 Å². The van der Waals surface area contributed by atoms with Crippen molar-refractivity contribution in [3.05, 3.63) is 77.1 Å². The number of amides is 2. The van der Waals surface area contributed by atoms with Crippen molar-refractivity contribution in [1.29, 1.82) is 0 Å². The first-order valence-corrected chi connectivity index (χ1v) is 8.42. The molecule has 142 valence electrons. The Kier molecular flexibility index (Phi) is 5.81. The van der Waals surface area contributed by atoms with Crippen molar-refractivity contribution < 1.29 is 18.7 Å². The lowest BCUT2D eigenvalue weighted by Crippen LogP contribution is -2.18. The summed E-state index contributed by atoms with van der Waals surface area (Å²) in [6.45, 7) is 0. The molecule has 0 aliphatic rings. The Labute approximate surface area is 164 Å². The fourth-order valence-corrected chi connectivity index (χ4v) is 2.40. The number of rotatable bonds is 5. The van der Waals surface area contributed by atoms with Gasteiger partial charge in [-0.15, -0.1) is 0 Å². The molecule has 0 spiro atoms. The normalized spacial score (nSPS) is 10.2. The van der Waals surface area contributed by atoms with Crippen LogP contribution in [0.5, 0.6) is 11.5 Å². The largest absolute Gasteiger partial charge is 0.457 e. The summed E-state index contributed by atoms with van der Waals surface area (Å²) in [6, 6.07) is 9.81. The zero-order valence-corrected chi connectivity index (χ0v) is 15.3. The van der Waals surface area contributed by atoms with Gasteiger partial charge < -0.3 is 15.4 Å². The van der Waals surface area contributed by atoms with Crippen molar-refractivity contribution in [1.82, 2.24) is 15.3 Å². The molecule has 0 bridgehead atoms. The molecule has 2 N–H and O–H groups in total. The number of nitrogens with zero attached hydrogens (tertiary/aromatic N) is 2. The molecule has 1 aromatic carbocycles. The van der Waals surface area contributed by atoms with Gasteiger partial charge in [0.25, 0.3) is 11.8 Å². The number of aromatic nitrogens is 2. The molecule has 2 heterocycles.